The fourth-order valence-corrected chi connectivity index (χ4v) is 3.04. The zero-order valence-electron chi connectivity index (χ0n) is 14.3. The van der Waals surface area contributed by atoms with Gasteiger partial charge in [0.2, 0.25) is 0 Å². The molecule has 130 valence electrons. The van der Waals surface area contributed by atoms with E-state index in [4.69, 9.17) is 4.74 Å². The number of benzene rings is 2. The van der Waals surface area contributed by atoms with E-state index < -0.39 is 0 Å². The van der Waals surface area contributed by atoms with Crippen LogP contribution < -0.4 is 15.6 Å². The molecule has 2 heterocycles. The van der Waals surface area contributed by atoms with Crippen molar-refractivity contribution in [2.24, 2.45) is 4.99 Å². The maximum Gasteiger partial charge on any atom is 0.278 e. The van der Waals surface area contributed by atoms with Gasteiger partial charge >= 0.3 is 0 Å². The number of anilines is 1. The summed E-state index contributed by atoms with van der Waals surface area (Å²) in [7, 11) is 1.63. The lowest BCUT2D eigenvalue weighted by molar-refractivity contribution is 0.415. The average molecular weight is 346 g/mol. The molecule has 6 nitrogen and oxygen atoms in total. The highest BCUT2D eigenvalue weighted by Gasteiger charge is 2.23. The van der Waals surface area contributed by atoms with Crippen molar-refractivity contribution in [2.75, 3.05) is 12.4 Å². The number of nitrogens with zero attached hydrogens (tertiary/aromatic N) is 2. The van der Waals surface area contributed by atoms with E-state index in [1.165, 1.54) is 6.33 Å². The van der Waals surface area contributed by atoms with Crippen LogP contribution in [-0.2, 0) is 0 Å². The maximum absolute atomic E-state index is 12.3. The summed E-state index contributed by atoms with van der Waals surface area (Å²) in [5.74, 6) is 1.27. The van der Waals surface area contributed by atoms with Crippen molar-refractivity contribution in [3.63, 3.8) is 0 Å². The van der Waals surface area contributed by atoms with E-state index in [9.17, 15) is 4.79 Å². The van der Waals surface area contributed by atoms with E-state index in [2.05, 4.69) is 32.4 Å². The van der Waals surface area contributed by atoms with Crippen LogP contribution in [0.15, 0.2) is 70.7 Å². The molecule has 2 aromatic carbocycles. The third kappa shape index (κ3) is 3.09. The Morgan fingerprint density at radius 3 is 2.58 bits per heavy atom. The number of aromatic nitrogens is 2. The Hall–Kier alpha value is -3.41. The second kappa shape index (κ2) is 6.84. The Morgan fingerprint density at radius 2 is 1.85 bits per heavy atom. The molecule has 0 fully saturated rings. The number of ether oxygens (including phenoxy) is 1. The van der Waals surface area contributed by atoms with E-state index in [1.807, 2.05) is 42.5 Å². The number of nitrogens with one attached hydrogen (secondary N) is 2. The zero-order chi connectivity index (χ0) is 17.9. The predicted octanol–water partition coefficient (Wildman–Crippen LogP) is 3.46. The molecule has 1 aliphatic heterocycles. The predicted molar refractivity (Wildman–Crippen MR) is 101 cm³/mol. The minimum absolute atomic E-state index is 0.0346. The number of H-pyrrole nitrogens is 1. The van der Waals surface area contributed by atoms with Gasteiger partial charge in [-0.1, -0.05) is 30.3 Å². The first-order valence-corrected chi connectivity index (χ1v) is 8.36. The van der Waals surface area contributed by atoms with Crippen molar-refractivity contribution in [1.29, 1.82) is 0 Å². The normalized spacial score (nSPS) is 16.0. The molecule has 0 bridgehead atoms. The molecule has 1 aromatic heterocycles. The third-order valence-electron chi connectivity index (χ3n) is 4.41. The van der Waals surface area contributed by atoms with E-state index >= 15 is 0 Å². The van der Waals surface area contributed by atoms with Crippen molar-refractivity contribution in [3.05, 3.63) is 82.4 Å². The number of rotatable bonds is 3. The Labute approximate surface area is 150 Å². The third-order valence-corrected chi connectivity index (χ3v) is 4.41. The second-order valence-electron chi connectivity index (χ2n) is 6.03. The Balaban J connectivity index is 1.82. The SMILES string of the molecule is COc1ccc(C2=Nc3c(nc[nH]c3=O)NC(c3ccccc3)C2)cc1. The van der Waals surface area contributed by atoms with Crippen LogP contribution >= 0.6 is 0 Å². The molecule has 0 spiro atoms. The van der Waals surface area contributed by atoms with Crippen molar-refractivity contribution < 1.29 is 4.74 Å². The highest BCUT2D eigenvalue weighted by molar-refractivity contribution is 6.03. The first-order chi connectivity index (χ1) is 12.7. The van der Waals surface area contributed by atoms with Crippen molar-refractivity contribution in [1.82, 2.24) is 9.97 Å². The molecule has 1 aliphatic rings. The van der Waals surface area contributed by atoms with Gasteiger partial charge in [-0.15, -0.1) is 0 Å². The van der Waals surface area contributed by atoms with Crippen LogP contribution in [0.5, 0.6) is 5.75 Å². The summed E-state index contributed by atoms with van der Waals surface area (Å²) in [5.41, 5.74) is 2.93. The van der Waals surface area contributed by atoms with E-state index in [-0.39, 0.29) is 11.6 Å². The van der Waals surface area contributed by atoms with Gasteiger partial charge in [0.1, 0.15) is 5.75 Å². The molecule has 0 saturated heterocycles. The summed E-state index contributed by atoms with van der Waals surface area (Å²) in [6.45, 7) is 0. The lowest BCUT2D eigenvalue weighted by Gasteiger charge is -2.18. The molecule has 2 N–H and O–H groups in total. The molecule has 3 aromatic rings. The first-order valence-electron chi connectivity index (χ1n) is 8.36. The Morgan fingerprint density at radius 1 is 1.08 bits per heavy atom. The van der Waals surface area contributed by atoms with Gasteiger partial charge in [0.25, 0.3) is 5.56 Å². The smallest absolute Gasteiger partial charge is 0.278 e. The molecule has 4 rings (SSSR count). The van der Waals surface area contributed by atoms with Crippen LogP contribution in [0.3, 0.4) is 0 Å². The molecular formula is C20H18N4O2. The van der Waals surface area contributed by atoms with Gasteiger partial charge in [-0.3, -0.25) is 4.79 Å². The second-order valence-corrected chi connectivity index (χ2v) is 6.03. The van der Waals surface area contributed by atoms with Crippen molar-refractivity contribution >= 4 is 17.2 Å². The zero-order valence-corrected chi connectivity index (χ0v) is 14.3. The minimum atomic E-state index is -0.262. The van der Waals surface area contributed by atoms with Crippen LogP contribution in [0, 0.1) is 0 Å². The summed E-state index contributed by atoms with van der Waals surface area (Å²) in [6.07, 6.45) is 2.02. The molecule has 26 heavy (non-hydrogen) atoms. The van der Waals surface area contributed by atoms with Gasteiger partial charge in [0, 0.05) is 6.42 Å². The van der Waals surface area contributed by atoms with Crippen LogP contribution in [0.25, 0.3) is 0 Å². The molecule has 1 unspecified atom stereocenters. The number of aromatic amines is 1. The highest BCUT2D eigenvalue weighted by Crippen LogP contribution is 2.32. The van der Waals surface area contributed by atoms with Crippen LogP contribution in [0.4, 0.5) is 11.5 Å². The molecular weight excluding hydrogens is 328 g/mol. The molecule has 1 atom stereocenters. The highest BCUT2D eigenvalue weighted by atomic mass is 16.5. The maximum atomic E-state index is 12.3. The summed E-state index contributed by atoms with van der Waals surface area (Å²) < 4.78 is 5.23. The first kappa shape index (κ1) is 16.1. The Kier molecular flexibility index (Phi) is 4.23. The van der Waals surface area contributed by atoms with Crippen LogP contribution in [-0.4, -0.2) is 22.8 Å². The molecule has 0 saturated carbocycles. The Bertz CT molecular complexity index is 994. The fraction of sp³-hybridized carbons (Fsp3) is 0.150. The summed E-state index contributed by atoms with van der Waals surface area (Å²) in [5, 5.41) is 3.37. The number of hydrogen-bond donors (Lipinski definition) is 2. The van der Waals surface area contributed by atoms with Gasteiger partial charge in [0.15, 0.2) is 11.5 Å². The van der Waals surface area contributed by atoms with Crippen molar-refractivity contribution in [2.45, 2.75) is 12.5 Å². The van der Waals surface area contributed by atoms with Gasteiger partial charge in [-0.25, -0.2) is 9.98 Å². The number of hydrogen-bond acceptors (Lipinski definition) is 5. The monoisotopic (exact) mass is 346 g/mol. The number of methoxy groups -OCH3 is 1. The largest absolute Gasteiger partial charge is 0.497 e. The van der Waals surface area contributed by atoms with E-state index in [1.54, 1.807) is 7.11 Å². The number of aliphatic imine (C=N–C) groups is 1. The van der Waals surface area contributed by atoms with E-state index in [0.717, 1.165) is 22.6 Å². The van der Waals surface area contributed by atoms with Gasteiger partial charge in [-0.05, 0) is 35.4 Å². The summed E-state index contributed by atoms with van der Waals surface area (Å²) in [6, 6.07) is 17.7. The van der Waals surface area contributed by atoms with Crippen molar-refractivity contribution in [3.8, 4) is 5.75 Å². The van der Waals surface area contributed by atoms with E-state index in [0.29, 0.717) is 17.9 Å². The average Bonchev–Trinajstić information content (AvgIpc) is 2.90. The quantitative estimate of drug-likeness (QED) is 0.761. The van der Waals surface area contributed by atoms with Gasteiger partial charge in [-0.2, -0.15) is 0 Å². The van der Waals surface area contributed by atoms with Gasteiger partial charge < -0.3 is 15.0 Å². The summed E-state index contributed by atoms with van der Waals surface area (Å²) >= 11 is 0. The lowest BCUT2D eigenvalue weighted by Crippen LogP contribution is -2.15. The van der Waals surface area contributed by atoms with Crippen LogP contribution in [0.2, 0.25) is 0 Å². The minimum Gasteiger partial charge on any atom is -0.497 e. The lowest BCUT2D eigenvalue weighted by atomic mass is 9.97. The topological polar surface area (TPSA) is 79.4 Å². The number of fused-ring (bicyclic) bond motifs is 1. The standard InChI is InChI=1S/C20H18N4O2/c1-26-15-9-7-14(8-10-15)16-11-17(13-5-3-2-4-6-13)24-19-18(23-16)20(25)22-12-21-19/h2-10,12,17H,11H2,1H3,(H2,21,22,24,25). The summed E-state index contributed by atoms with van der Waals surface area (Å²) in [4.78, 5) is 23.8. The molecule has 0 amide bonds. The van der Waals surface area contributed by atoms with Crippen LogP contribution in [0.1, 0.15) is 23.6 Å². The molecule has 6 heteroatoms. The van der Waals surface area contributed by atoms with Gasteiger partial charge in [0.05, 0.1) is 25.2 Å². The molecule has 0 radical (unpaired) electrons. The fourth-order valence-electron chi connectivity index (χ4n) is 3.04. The molecule has 0 aliphatic carbocycles.